The molecule has 3 saturated carbocycles. The van der Waals surface area contributed by atoms with Gasteiger partial charge in [-0.3, -0.25) is 0 Å². The Labute approximate surface area is 179 Å². The fourth-order valence-corrected chi connectivity index (χ4v) is 7.78. The molecule has 1 N–H and O–H groups in total. The maximum absolute atomic E-state index is 9.45. The Bertz CT molecular complexity index is 699. The molecule has 1 unspecified atom stereocenters. The second-order valence-electron chi connectivity index (χ2n) is 11.6. The summed E-state index contributed by atoms with van der Waals surface area (Å²) >= 11 is 0. The van der Waals surface area contributed by atoms with Gasteiger partial charge in [-0.1, -0.05) is 76.5 Å². The van der Waals surface area contributed by atoms with E-state index in [1.807, 2.05) is 5.57 Å². The summed E-state index contributed by atoms with van der Waals surface area (Å²) in [7, 11) is 0. The number of aliphatic hydroxyl groups is 1. The molecule has 4 rings (SSSR count). The summed E-state index contributed by atoms with van der Waals surface area (Å²) in [5, 5.41) is 9.45. The standard InChI is InChI=1S/C28H44O/c1-19(21(3)18-29)9-10-20(2)24-13-14-25-23-12-11-22-8-6-7-16-27(22,4)26(23)15-17-28(24,25)5/h9-12,19-21,24-26,29H,6-8,13-18H2,1-5H3/b10-9+/t19-,20+,21?,24+,25-,26-,27-,28+/m0/s1. The molecule has 0 bridgehead atoms. The van der Waals surface area contributed by atoms with Crippen molar-refractivity contribution in [1.29, 1.82) is 0 Å². The molecule has 0 aromatic rings. The first-order chi connectivity index (χ1) is 13.8. The van der Waals surface area contributed by atoms with Crippen molar-refractivity contribution < 1.29 is 5.11 Å². The molecule has 0 aromatic heterocycles. The molecule has 0 aromatic carbocycles. The van der Waals surface area contributed by atoms with Crippen LogP contribution in [-0.4, -0.2) is 11.7 Å². The van der Waals surface area contributed by atoms with Gasteiger partial charge in [-0.15, -0.1) is 0 Å². The number of rotatable bonds is 5. The van der Waals surface area contributed by atoms with Crippen LogP contribution in [0.4, 0.5) is 0 Å². The van der Waals surface area contributed by atoms with E-state index >= 15 is 0 Å². The molecule has 29 heavy (non-hydrogen) atoms. The Kier molecular flexibility index (Phi) is 5.93. The zero-order valence-electron chi connectivity index (χ0n) is 19.6. The van der Waals surface area contributed by atoms with Crippen molar-refractivity contribution in [3.8, 4) is 0 Å². The Morgan fingerprint density at radius 3 is 2.55 bits per heavy atom. The SMILES string of the molecule is CC(CO)[C@@H](C)/C=C/[C@@H](C)[C@H]1CC[C@H]2C3=CC=C4CCCC[C@]4(C)[C@H]3CC[C@]12C. The first-order valence-corrected chi connectivity index (χ1v) is 12.5. The number of hydrogen-bond acceptors (Lipinski definition) is 1. The largest absolute Gasteiger partial charge is 0.396 e. The topological polar surface area (TPSA) is 20.2 Å². The number of aliphatic hydroxyl groups excluding tert-OH is 1. The number of hydrogen-bond donors (Lipinski definition) is 1. The van der Waals surface area contributed by atoms with Crippen LogP contribution in [0.15, 0.2) is 35.5 Å². The van der Waals surface area contributed by atoms with Gasteiger partial charge in [0.25, 0.3) is 0 Å². The van der Waals surface area contributed by atoms with Crippen LogP contribution >= 0.6 is 0 Å². The van der Waals surface area contributed by atoms with E-state index < -0.39 is 0 Å². The first-order valence-electron chi connectivity index (χ1n) is 12.5. The molecule has 4 aliphatic carbocycles. The summed E-state index contributed by atoms with van der Waals surface area (Å²) in [5.41, 5.74) is 4.52. The zero-order valence-corrected chi connectivity index (χ0v) is 19.6. The van der Waals surface area contributed by atoms with Crippen molar-refractivity contribution >= 4 is 0 Å². The minimum absolute atomic E-state index is 0.285. The fourth-order valence-electron chi connectivity index (χ4n) is 7.78. The monoisotopic (exact) mass is 396 g/mol. The summed E-state index contributed by atoms with van der Waals surface area (Å²) in [6, 6.07) is 0. The van der Waals surface area contributed by atoms with Crippen molar-refractivity contribution in [2.45, 2.75) is 86.0 Å². The third kappa shape index (κ3) is 3.50. The van der Waals surface area contributed by atoms with Gasteiger partial charge in [-0.05, 0) is 91.3 Å². The van der Waals surface area contributed by atoms with E-state index in [1.165, 1.54) is 51.4 Å². The van der Waals surface area contributed by atoms with Crippen molar-refractivity contribution in [1.82, 2.24) is 0 Å². The Morgan fingerprint density at radius 1 is 1.00 bits per heavy atom. The van der Waals surface area contributed by atoms with Gasteiger partial charge in [-0.25, -0.2) is 0 Å². The minimum atomic E-state index is 0.285. The van der Waals surface area contributed by atoms with Crippen molar-refractivity contribution in [2.24, 2.45) is 46.3 Å². The smallest absolute Gasteiger partial charge is 0.0462 e. The van der Waals surface area contributed by atoms with Crippen LogP contribution < -0.4 is 0 Å². The van der Waals surface area contributed by atoms with Gasteiger partial charge in [0.05, 0.1) is 0 Å². The Hall–Kier alpha value is -0.820. The average Bonchev–Trinajstić information content (AvgIpc) is 3.08. The lowest BCUT2D eigenvalue weighted by molar-refractivity contribution is 0.0575. The first kappa shape index (κ1) is 21.4. The molecule has 8 atom stereocenters. The summed E-state index contributed by atoms with van der Waals surface area (Å²) in [6.45, 7) is 12.4. The molecule has 3 fully saturated rings. The van der Waals surface area contributed by atoms with Gasteiger partial charge in [-0.2, -0.15) is 0 Å². The van der Waals surface area contributed by atoms with Gasteiger partial charge < -0.3 is 5.11 Å². The summed E-state index contributed by atoms with van der Waals surface area (Å²) in [4.78, 5) is 0. The molecule has 0 spiro atoms. The molecule has 0 amide bonds. The molecule has 0 aliphatic heterocycles. The van der Waals surface area contributed by atoms with E-state index in [4.69, 9.17) is 0 Å². The third-order valence-corrected chi connectivity index (χ3v) is 10.1. The van der Waals surface area contributed by atoms with E-state index in [2.05, 4.69) is 58.9 Å². The molecular weight excluding hydrogens is 352 g/mol. The number of allylic oxidation sites excluding steroid dienone is 6. The van der Waals surface area contributed by atoms with Crippen molar-refractivity contribution in [3.63, 3.8) is 0 Å². The van der Waals surface area contributed by atoms with E-state index in [1.54, 1.807) is 5.57 Å². The maximum Gasteiger partial charge on any atom is 0.0462 e. The van der Waals surface area contributed by atoms with E-state index in [0.717, 1.165) is 17.8 Å². The molecule has 0 saturated heterocycles. The third-order valence-electron chi connectivity index (χ3n) is 10.1. The second-order valence-corrected chi connectivity index (χ2v) is 11.6. The summed E-state index contributed by atoms with van der Waals surface area (Å²) in [6.07, 6.45) is 21.2. The highest BCUT2D eigenvalue weighted by Crippen LogP contribution is 2.65. The average molecular weight is 397 g/mol. The van der Waals surface area contributed by atoms with Gasteiger partial charge >= 0.3 is 0 Å². The molecule has 162 valence electrons. The summed E-state index contributed by atoms with van der Waals surface area (Å²) in [5.74, 6) is 3.86. The lowest BCUT2D eigenvalue weighted by Gasteiger charge is -2.54. The predicted octanol–water partition coefficient (Wildman–Crippen LogP) is 7.33. The molecule has 4 aliphatic rings. The molecule has 0 heterocycles. The lowest BCUT2D eigenvalue weighted by atomic mass is 9.50. The molecule has 1 nitrogen and oxygen atoms in total. The van der Waals surface area contributed by atoms with E-state index in [9.17, 15) is 5.11 Å². The Morgan fingerprint density at radius 2 is 1.79 bits per heavy atom. The lowest BCUT2D eigenvalue weighted by Crippen LogP contribution is -2.45. The van der Waals surface area contributed by atoms with Crippen LogP contribution in [0.5, 0.6) is 0 Å². The Balaban J connectivity index is 1.54. The zero-order chi connectivity index (χ0) is 20.8. The van der Waals surface area contributed by atoms with Crippen LogP contribution in [0, 0.1) is 46.3 Å². The summed E-state index contributed by atoms with van der Waals surface area (Å²) < 4.78 is 0. The maximum atomic E-state index is 9.45. The highest BCUT2D eigenvalue weighted by atomic mass is 16.3. The van der Waals surface area contributed by atoms with Crippen LogP contribution in [0.25, 0.3) is 0 Å². The van der Waals surface area contributed by atoms with Crippen molar-refractivity contribution in [2.75, 3.05) is 6.61 Å². The van der Waals surface area contributed by atoms with Gasteiger partial charge in [0, 0.05) is 6.61 Å². The van der Waals surface area contributed by atoms with E-state index in [-0.39, 0.29) is 6.61 Å². The second kappa shape index (κ2) is 8.03. The quantitative estimate of drug-likeness (QED) is 0.482. The van der Waals surface area contributed by atoms with E-state index in [0.29, 0.717) is 28.6 Å². The fraction of sp³-hybridized carbons (Fsp3) is 0.786. The van der Waals surface area contributed by atoms with Crippen LogP contribution in [0.2, 0.25) is 0 Å². The van der Waals surface area contributed by atoms with Gasteiger partial charge in [0.15, 0.2) is 0 Å². The van der Waals surface area contributed by atoms with Gasteiger partial charge in [0.1, 0.15) is 0 Å². The highest BCUT2D eigenvalue weighted by molar-refractivity contribution is 5.38. The van der Waals surface area contributed by atoms with Crippen LogP contribution in [0.3, 0.4) is 0 Å². The van der Waals surface area contributed by atoms with Gasteiger partial charge in [0.2, 0.25) is 0 Å². The molecular formula is C28H44O. The molecule has 0 radical (unpaired) electrons. The molecule has 1 heteroatoms. The highest BCUT2D eigenvalue weighted by Gasteiger charge is 2.56. The van der Waals surface area contributed by atoms with Crippen LogP contribution in [0.1, 0.15) is 86.0 Å². The normalized spacial score (nSPS) is 42.3. The minimum Gasteiger partial charge on any atom is -0.396 e. The van der Waals surface area contributed by atoms with Crippen LogP contribution in [-0.2, 0) is 0 Å². The number of fused-ring (bicyclic) bond motifs is 5. The predicted molar refractivity (Wildman–Crippen MR) is 124 cm³/mol. The van der Waals surface area contributed by atoms with Crippen molar-refractivity contribution in [3.05, 3.63) is 35.5 Å².